The summed E-state index contributed by atoms with van der Waals surface area (Å²) in [5.74, 6) is 0. The fraction of sp³-hybridized carbons (Fsp3) is 0.467. The number of aromatic nitrogens is 3. The van der Waals surface area contributed by atoms with Gasteiger partial charge in [-0.15, -0.1) is 0 Å². The molecule has 1 aliphatic rings. The Morgan fingerprint density at radius 2 is 1.95 bits per heavy atom. The molecule has 106 valence electrons. The minimum absolute atomic E-state index is 0.0919. The quantitative estimate of drug-likeness (QED) is 0.892. The summed E-state index contributed by atoms with van der Waals surface area (Å²) in [5, 5.41) is 7.69. The van der Waals surface area contributed by atoms with E-state index >= 15 is 0 Å². The molecule has 1 aromatic carbocycles. The standard InChI is InChI=1S/C15H20N4O/c20-15-17-11-18-19(15)14-8-6-13(7-9-14)16-10-12-4-2-1-3-5-12/h1-5,11,13-14,16H,6-10H2,(H,17,18,20). The number of nitrogens with zero attached hydrogens (tertiary/aromatic N) is 2. The summed E-state index contributed by atoms with van der Waals surface area (Å²) < 4.78 is 1.59. The zero-order valence-corrected chi connectivity index (χ0v) is 11.5. The molecule has 0 aliphatic heterocycles. The normalized spacial score (nSPS) is 22.8. The highest BCUT2D eigenvalue weighted by Crippen LogP contribution is 2.26. The lowest BCUT2D eigenvalue weighted by molar-refractivity contribution is 0.271. The molecule has 0 bridgehead atoms. The summed E-state index contributed by atoms with van der Waals surface area (Å²) in [6.45, 7) is 0.915. The summed E-state index contributed by atoms with van der Waals surface area (Å²) in [7, 11) is 0. The van der Waals surface area contributed by atoms with E-state index in [9.17, 15) is 4.79 Å². The van der Waals surface area contributed by atoms with E-state index in [-0.39, 0.29) is 11.7 Å². The predicted molar refractivity (Wildman–Crippen MR) is 77.4 cm³/mol. The molecule has 1 fully saturated rings. The van der Waals surface area contributed by atoms with Crippen LogP contribution in [0.3, 0.4) is 0 Å². The lowest BCUT2D eigenvalue weighted by atomic mass is 9.91. The highest BCUT2D eigenvalue weighted by molar-refractivity contribution is 5.14. The van der Waals surface area contributed by atoms with Crippen LogP contribution in [0.15, 0.2) is 41.5 Å². The molecule has 0 spiro atoms. The number of benzene rings is 1. The third-order valence-electron chi connectivity index (χ3n) is 4.06. The lowest BCUT2D eigenvalue weighted by Gasteiger charge is -2.28. The monoisotopic (exact) mass is 272 g/mol. The van der Waals surface area contributed by atoms with E-state index in [1.165, 1.54) is 11.9 Å². The van der Waals surface area contributed by atoms with E-state index in [1.54, 1.807) is 4.68 Å². The molecule has 0 unspecified atom stereocenters. The number of H-pyrrole nitrogens is 1. The Kier molecular flexibility index (Phi) is 3.97. The Morgan fingerprint density at radius 3 is 2.60 bits per heavy atom. The van der Waals surface area contributed by atoms with E-state index in [0.29, 0.717) is 6.04 Å². The zero-order chi connectivity index (χ0) is 13.8. The van der Waals surface area contributed by atoms with Crippen molar-refractivity contribution in [2.45, 2.75) is 44.3 Å². The van der Waals surface area contributed by atoms with Gasteiger partial charge in [0.1, 0.15) is 6.33 Å². The summed E-state index contributed by atoms with van der Waals surface area (Å²) in [6, 6.07) is 11.3. The molecule has 2 N–H and O–H groups in total. The Morgan fingerprint density at radius 1 is 1.20 bits per heavy atom. The first-order chi connectivity index (χ1) is 9.83. The Hall–Kier alpha value is -1.88. The van der Waals surface area contributed by atoms with Crippen LogP contribution in [0.2, 0.25) is 0 Å². The van der Waals surface area contributed by atoms with E-state index in [1.807, 2.05) is 6.07 Å². The molecule has 5 heteroatoms. The van der Waals surface area contributed by atoms with Gasteiger partial charge in [0, 0.05) is 12.6 Å². The first kappa shape index (κ1) is 13.1. The van der Waals surface area contributed by atoms with Gasteiger partial charge in [-0.05, 0) is 31.2 Å². The van der Waals surface area contributed by atoms with Gasteiger partial charge in [-0.1, -0.05) is 30.3 Å². The molecule has 0 radical (unpaired) electrons. The molecule has 1 heterocycles. The molecule has 3 rings (SSSR count). The first-order valence-electron chi connectivity index (χ1n) is 7.22. The van der Waals surface area contributed by atoms with E-state index in [4.69, 9.17) is 0 Å². The smallest absolute Gasteiger partial charge is 0.310 e. The second-order valence-electron chi connectivity index (χ2n) is 5.41. The fourth-order valence-corrected chi connectivity index (χ4v) is 2.91. The van der Waals surface area contributed by atoms with E-state index < -0.39 is 0 Å². The van der Waals surface area contributed by atoms with Crippen molar-refractivity contribution in [1.29, 1.82) is 0 Å². The second kappa shape index (κ2) is 6.05. The number of nitrogens with one attached hydrogen (secondary N) is 2. The molecule has 20 heavy (non-hydrogen) atoms. The van der Waals surface area contributed by atoms with Crippen molar-refractivity contribution >= 4 is 0 Å². The SMILES string of the molecule is O=c1[nH]cnn1C1CCC(NCc2ccccc2)CC1. The summed E-state index contributed by atoms with van der Waals surface area (Å²) in [6.07, 6.45) is 5.68. The highest BCUT2D eigenvalue weighted by atomic mass is 16.1. The number of hydrogen-bond acceptors (Lipinski definition) is 3. The van der Waals surface area contributed by atoms with Crippen molar-refractivity contribution < 1.29 is 0 Å². The van der Waals surface area contributed by atoms with E-state index in [2.05, 4.69) is 39.7 Å². The molecule has 1 saturated carbocycles. The molecule has 1 aliphatic carbocycles. The molecule has 5 nitrogen and oxygen atoms in total. The summed E-state index contributed by atoms with van der Waals surface area (Å²) >= 11 is 0. The van der Waals surface area contributed by atoms with Crippen molar-refractivity contribution in [1.82, 2.24) is 20.1 Å². The maximum absolute atomic E-state index is 11.5. The Bertz CT molecular complexity index is 581. The fourth-order valence-electron chi connectivity index (χ4n) is 2.91. The van der Waals surface area contributed by atoms with Gasteiger partial charge in [0.15, 0.2) is 0 Å². The Labute approximate surface area is 118 Å². The van der Waals surface area contributed by atoms with Crippen molar-refractivity contribution in [3.63, 3.8) is 0 Å². The van der Waals surface area contributed by atoms with Gasteiger partial charge in [0.25, 0.3) is 0 Å². The van der Waals surface area contributed by atoms with Crippen LogP contribution in [0.25, 0.3) is 0 Å². The van der Waals surface area contributed by atoms with Gasteiger partial charge in [0.2, 0.25) is 0 Å². The van der Waals surface area contributed by atoms with Gasteiger partial charge < -0.3 is 5.32 Å². The predicted octanol–water partition coefficient (Wildman–Crippen LogP) is 1.84. The topological polar surface area (TPSA) is 62.7 Å². The molecular weight excluding hydrogens is 252 g/mol. The van der Waals surface area contributed by atoms with Gasteiger partial charge in [-0.2, -0.15) is 5.10 Å². The van der Waals surface area contributed by atoms with Crippen LogP contribution in [0.5, 0.6) is 0 Å². The number of hydrogen-bond donors (Lipinski definition) is 2. The average molecular weight is 272 g/mol. The largest absolute Gasteiger partial charge is 0.343 e. The lowest BCUT2D eigenvalue weighted by Crippen LogP contribution is -2.35. The maximum Gasteiger partial charge on any atom is 0.343 e. The van der Waals surface area contributed by atoms with Gasteiger partial charge in [-0.25, -0.2) is 9.48 Å². The minimum Gasteiger partial charge on any atom is -0.310 e. The third kappa shape index (κ3) is 2.99. The molecule has 0 amide bonds. The third-order valence-corrected chi connectivity index (χ3v) is 4.06. The van der Waals surface area contributed by atoms with Crippen LogP contribution >= 0.6 is 0 Å². The molecule has 2 aromatic rings. The molecule has 0 atom stereocenters. The average Bonchev–Trinajstić information content (AvgIpc) is 2.93. The summed E-state index contributed by atoms with van der Waals surface area (Å²) in [4.78, 5) is 14.1. The van der Waals surface area contributed by atoms with Crippen LogP contribution in [0.4, 0.5) is 0 Å². The van der Waals surface area contributed by atoms with Gasteiger partial charge in [0.05, 0.1) is 6.04 Å². The summed E-state index contributed by atoms with van der Waals surface area (Å²) in [5.41, 5.74) is 1.23. The molecule has 1 aromatic heterocycles. The van der Waals surface area contributed by atoms with Crippen LogP contribution in [0, 0.1) is 0 Å². The van der Waals surface area contributed by atoms with Crippen LogP contribution in [-0.2, 0) is 6.54 Å². The maximum atomic E-state index is 11.5. The van der Waals surface area contributed by atoms with Crippen molar-refractivity contribution in [3.05, 3.63) is 52.7 Å². The van der Waals surface area contributed by atoms with Crippen LogP contribution < -0.4 is 11.0 Å². The van der Waals surface area contributed by atoms with Crippen molar-refractivity contribution in [2.75, 3.05) is 0 Å². The highest BCUT2D eigenvalue weighted by Gasteiger charge is 2.23. The Balaban J connectivity index is 1.49. The van der Waals surface area contributed by atoms with Crippen LogP contribution in [0.1, 0.15) is 37.3 Å². The number of rotatable bonds is 4. The van der Waals surface area contributed by atoms with Crippen molar-refractivity contribution in [3.8, 4) is 0 Å². The molecule has 0 saturated heterocycles. The van der Waals surface area contributed by atoms with Crippen molar-refractivity contribution in [2.24, 2.45) is 0 Å². The zero-order valence-electron chi connectivity index (χ0n) is 11.5. The molecular formula is C15H20N4O. The second-order valence-corrected chi connectivity index (χ2v) is 5.41. The van der Waals surface area contributed by atoms with Crippen LogP contribution in [-0.4, -0.2) is 20.8 Å². The first-order valence-corrected chi connectivity index (χ1v) is 7.22. The number of aromatic amines is 1. The van der Waals surface area contributed by atoms with Gasteiger partial charge >= 0.3 is 5.69 Å². The van der Waals surface area contributed by atoms with Gasteiger partial charge in [-0.3, -0.25) is 4.98 Å². The minimum atomic E-state index is -0.0919. The van der Waals surface area contributed by atoms with E-state index in [0.717, 1.165) is 32.2 Å².